The van der Waals surface area contributed by atoms with E-state index in [1.807, 2.05) is 0 Å². The van der Waals surface area contributed by atoms with E-state index in [1.165, 1.54) is 0 Å². The smallest absolute Gasteiger partial charge is 0.192 e. The molecule has 3 aliphatic rings. The van der Waals surface area contributed by atoms with E-state index in [-0.39, 0.29) is 22.3 Å². The van der Waals surface area contributed by atoms with Crippen LogP contribution in [-0.2, 0) is 9.22 Å². The Bertz CT molecular complexity index is 359. The Morgan fingerprint density at radius 3 is 2.44 bits per heavy atom. The highest BCUT2D eigenvalue weighted by atomic mass is 28.4. The van der Waals surface area contributed by atoms with Crippen molar-refractivity contribution >= 4 is 14.1 Å². The lowest BCUT2D eigenvalue weighted by molar-refractivity contribution is -0.153. The van der Waals surface area contributed by atoms with Crippen molar-refractivity contribution in [3.05, 3.63) is 0 Å². The van der Waals surface area contributed by atoms with Crippen LogP contribution < -0.4 is 0 Å². The fourth-order valence-electron chi connectivity index (χ4n) is 3.04. The maximum absolute atomic E-state index is 12.0. The molecule has 104 valence electrons. The molecule has 0 radical (unpaired) electrons. The van der Waals surface area contributed by atoms with Crippen molar-refractivity contribution in [2.45, 2.75) is 76.3 Å². The van der Waals surface area contributed by atoms with Crippen molar-refractivity contribution in [3.63, 3.8) is 0 Å². The highest BCUT2D eigenvalue weighted by Gasteiger charge is 2.54. The van der Waals surface area contributed by atoms with Crippen molar-refractivity contribution in [2.24, 2.45) is 5.92 Å². The molecule has 2 bridgehead atoms. The number of Topliss-reactive ketones (excluding diaryl/α,β-unsaturated/α-hetero) is 1. The number of aliphatic hydroxyl groups is 1. The van der Waals surface area contributed by atoms with Gasteiger partial charge in [0, 0.05) is 18.8 Å². The zero-order valence-corrected chi connectivity index (χ0v) is 13.2. The Kier molecular flexibility index (Phi) is 3.28. The third-order valence-electron chi connectivity index (χ3n) is 5.14. The lowest BCUT2D eigenvalue weighted by Crippen LogP contribution is -2.59. The highest BCUT2D eigenvalue weighted by molar-refractivity contribution is 6.74. The molecule has 4 heteroatoms. The maximum atomic E-state index is 12.0. The predicted octanol–water partition coefficient (Wildman–Crippen LogP) is 2.88. The van der Waals surface area contributed by atoms with E-state index in [0.29, 0.717) is 12.8 Å². The van der Waals surface area contributed by atoms with Gasteiger partial charge in [0.25, 0.3) is 0 Å². The van der Waals surface area contributed by atoms with Crippen LogP contribution in [0.4, 0.5) is 0 Å². The molecule has 0 saturated heterocycles. The number of hydrogen-bond acceptors (Lipinski definition) is 3. The van der Waals surface area contributed by atoms with Crippen LogP contribution in [-0.4, -0.2) is 30.9 Å². The standard InChI is InChI=1S/C14H26O3Si/c1-13(2,3)18(4,5)17-14-7-6-10(11(15)8-14)12(16)9-14/h10-11,15H,6-9H2,1-5H3/t10-,11+,14+/m1/s1. The maximum Gasteiger partial charge on any atom is 0.192 e. The number of hydrogen-bond donors (Lipinski definition) is 1. The van der Waals surface area contributed by atoms with Gasteiger partial charge >= 0.3 is 0 Å². The van der Waals surface area contributed by atoms with Crippen LogP contribution in [0.3, 0.4) is 0 Å². The Morgan fingerprint density at radius 2 is 2.00 bits per heavy atom. The molecule has 18 heavy (non-hydrogen) atoms. The minimum absolute atomic E-state index is 0.116. The minimum Gasteiger partial charge on any atom is -0.411 e. The highest BCUT2D eigenvalue weighted by Crippen LogP contribution is 2.49. The summed E-state index contributed by atoms with van der Waals surface area (Å²) in [5.74, 6) is 0.0913. The van der Waals surface area contributed by atoms with Gasteiger partial charge in [0.05, 0.1) is 11.7 Å². The SMILES string of the molecule is CC(C)(C)[Si](C)(C)O[C@]12CC[C@@H](C(=O)C1)[C@@H](O)C2. The van der Waals surface area contributed by atoms with Gasteiger partial charge in [-0.3, -0.25) is 4.79 Å². The summed E-state index contributed by atoms with van der Waals surface area (Å²) in [5, 5.41) is 10.2. The molecule has 3 aliphatic carbocycles. The molecule has 1 N–H and O–H groups in total. The van der Waals surface area contributed by atoms with E-state index >= 15 is 0 Å². The van der Waals surface area contributed by atoms with E-state index in [2.05, 4.69) is 33.9 Å². The summed E-state index contributed by atoms with van der Waals surface area (Å²) in [6.07, 6.45) is 2.42. The molecule has 0 unspecified atom stereocenters. The Labute approximate surface area is 111 Å². The molecule has 0 heterocycles. The van der Waals surface area contributed by atoms with Crippen LogP contribution in [0, 0.1) is 5.92 Å². The lowest BCUT2D eigenvalue weighted by Gasteiger charge is -2.53. The second-order valence-corrected chi connectivity index (χ2v) is 12.3. The average molecular weight is 270 g/mol. The van der Waals surface area contributed by atoms with Crippen molar-refractivity contribution in [2.75, 3.05) is 0 Å². The van der Waals surface area contributed by atoms with Crippen LogP contribution in [0.15, 0.2) is 0 Å². The predicted molar refractivity (Wildman–Crippen MR) is 74.0 cm³/mol. The minimum atomic E-state index is -1.88. The first-order chi connectivity index (χ1) is 8.06. The van der Waals surface area contributed by atoms with E-state index in [0.717, 1.165) is 12.8 Å². The molecule has 3 atom stereocenters. The van der Waals surface area contributed by atoms with Gasteiger partial charge < -0.3 is 9.53 Å². The summed E-state index contributed by atoms with van der Waals surface area (Å²) in [6, 6.07) is 0. The fraction of sp³-hybridized carbons (Fsp3) is 0.929. The molecule has 3 rings (SSSR count). The molecule has 0 aromatic carbocycles. The first-order valence-corrected chi connectivity index (χ1v) is 9.88. The zero-order chi connectivity index (χ0) is 13.8. The number of ketones is 1. The van der Waals surface area contributed by atoms with Crippen LogP contribution in [0.25, 0.3) is 0 Å². The molecule has 0 aromatic rings. The fourth-order valence-corrected chi connectivity index (χ4v) is 4.69. The van der Waals surface area contributed by atoms with Crippen molar-refractivity contribution < 1.29 is 14.3 Å². The van der Waals surface area contributed by atoms with E-state index in [1.54, 1.807) is 0 Å². The Balaban J connectivity index is 2.20. The molecule has 3 fully saturated rings. The van der Waals surface area contributed by atoms with Gasteiger partial charge in [0.1, 0.15) is 5.78 Å². The van der Waals surface area contributed by atoms with Crippen molar-refractivity contribution in [1.82, 2.24) is 0 Å². The molecular formula is C14H26O3Si. The summed E-state index contributed by atoms with van der Waals surface area (Å²) in [7, 11) is -1.88. The van der Waals surface area contributed by atoms with E-state index in [9.17, 15) is 9.90 Å². The number of fused-ring (bicyclic) bond motifs is 3. The van der Waals surface area contributed by atoms with Gasteiger partial charge in [0.15, 0.2) is 8.32 Å². The normalized spacial score (nSPS) is 37.1. The second-order valence-electron chi connectivity index (χ2n) is 7.61. The lowest BCUT2D eigenvalue weighted by atomic mass is 9.65. The van der Waals surface area contributed by atoms with Crippen molar-refractivity contribution in [1.29, 1.82) is 0 Å². The van der Waals surface area contributed by atoms with Gasteiger partial charge in [-0.2, -0.15) is 0 Å². The molecular weight excluding hydrogens is 244 g/mol. The Morgan fingerprint density at radius 1 is 1.39 bits per heavy atom. The summed E-state index contributed by atoms with van der Waals surface area (Å²) in [6.45, 7) is 11.1. The molecule has 0 amide bonds. The molecule has 3 nitrogen and oxygen atoms in total. The zero-order valence-electron chi connectivity index (χ0n) is 12.2. The second kappa shape index (κ2) is 4.15. The third kappa shape index (κ3) is 2.30. The molecule has 3 saturated carbocycles. The average Bonchev–Trinajstić information content (AvgIpc) is 2.12. The summed E-state index contributed by atoms with van der Waals surface area (Å²) >= 11 is 0. The summed E-state index contributed by atoms with van der Waals surface area (Å²) in [5.41, 5.74) is -0.367. The first kappa shape index (κ1) is 14.2. The van der Waals surface area contributed by atoms with Gasteiger partial charge in [0.2, 0.25) is 0 Å². The molecule has 0 spiro atoms. The van der Waals surface area contributed by atoms with E-state index < -0.39 is 14.4 Å². The quantitative estimate of drug-likeness (QED) is 0.785. The van der Waals surface area contributed by atoms with Crippen molar-refractivity contribution in [3.8, 4) is 0 Å². The van der Waals surface area contributed by atoms with Gasteiger partial charge in [-0.25, -0.2) is 0 Å². The largest absolute Gasteiger partial charge is 0.411 e. The van der Waals surface area contributed by atoms with Crippen LogP contribution in [0.5, 0.6) is 0 Å². The topological polar surface area (TPSA) is 46.5 Å². The third-order valence-corrected chi connectivity index (χ3v) is 9.70. The molecule has 0 aromatic heterocycles. The Hall–Kier alpha value is -0.193. The van der Waals surface area contributed by atoms with Gasteiger partial charge in [-0.05, 0) is 31.0 Å². The van der Waals surface area contributed by atoms with E-state index in [4.69, 9.17) is 4.43 Å². The van der Waals surface area contributed by atoms with Gasteiger partial charge in [-0.1, -0.05) is 20.8 Å². The monoisotopic (exact) mass is 270 g/mol. The van der Waals surface area contributed by atoms with Crippen LogP contribution >= 0.6 is 0 Å². The van der Waals surface area contributed by atoms with Gasteiger partial charge in [-0.15, -0.1) is 0 Å². The number of carbonyl (C=O) groups excluding carboxylic acids is 1. The number of aliphatic hydroxyl groups excluding tert-OH is 1. The first-order valence-electron chi connectivity index (χ1n) is 6.97. The summed E-state index contributed by atoms with van der Waals surface area (Å²) in [4.78, 5) is 12.0. The number of rotatable bonds is 2. The summed E-state index contributed by atoms with van der Waals surface area (Å²) < 4.78 is 6.52. The number of carbonyl (C=O) groups is 1. The van der Waals surface area contributed by atoms with Crippen LogP contribution in [0.1, 0.15) is 46.5 Å². The van der Waals surface area contributed by atoms with Crippen LogP contribution in [0.2, 0.25) is 18.1 Å². The molecule has 0 aliphatic heterocycles.